The minimum Gasteiger partial charge on any atom is -0.481 e. The van der Waals surface area contributed by atoms with Gasteiger partial charge in [0.2, 0.25) is 5.91 Å². The molecule has 0 fully saturated rings. The maximum absolute atomic E-state index is 10.9. The second kappa shape index (κ2) is 7.91. The van der Waals surface area contributed by atoms with Crippen LogP contribution in [-0.4, -0.2) is 35.0 Å². The molecule has 0 atom stereocenters. The lowest BCUT2D eigenvalue weighted by Gasteiger charge is -2.00. The van der Waals surface area contributed by atoms with Crippen molar-refractivity contribution in [2.75, 3.05) is 18.1 Å². The summed E-state index contributed by atoms with van der Waals surface area (Å²) in [6.45, 7) is 2.52. The van der Waals surface area contributed by atoms with E-state index in [0.717, 1.165) is 0 Å². The van der Waals surface area contributed by atoms with E-state index in [1.165, 1.54) is 11.8 Å². The monoisotopic (exact) mass is 205 g/mol. The van der Waals surface area contributed by atoms with Gasteiger partial charge >= 0.3 is 5.97 Å². The van der Waals surface area contributed by atoms with Gasteiger partial charge in [0, 0.05) is 24.5 Å². The molecule has 0 radical (unpaired) electrons. The average Bonchev–Trinajstić information content (AvgIpc) is 2.03. The molecule has 0 rings (SSSR count). The van der Waals surface area contributed by atoms with E-state index in [-0.39, 0.29) is 12.3 Å². The van der Waals surface area contributed by atoms with Crippen LogP contribution in [0.15, 0.2) is 0 Å². The van der Waals surface area contributed by atoms with Gasteiger partial charge in [-0.1, -0.05) is 0 Å². The molecule has 1 amide bonds. The van der Waals surface area contributed by atoms with E-state index >= 15 is 0 Å². The third-order valence-electron chi connectivity index (χ3n) is 1.31. The lowest BCUT2D eigenvalue weighted by molar-refractivity contribution is -0.136. The summed E-state index contributed by atoms with van der Waals surface area (Å²) in [5.41, 5.74) is 0. The van der Waals surface area contributed by atoms with E-state index in [0.29, 0.717) is 24.5 Å². The molecule has 0 aliphatic carbocycles. The van der Waals surface area contributed by atoms with E-state index in [1.807, 2.05) is 6.92 Å². The van der Waals surface area contributed by atoms with Crippen LogP contribution in [0.4, 0.5) is 0 Å². The minimum atomic E-state index is -0.787. The summed E-state index contributed by atoms with van der Waals surface area (Å²) in [6, 6.07) is 0. The first-order valence-corrected chi connectivity index (χ1v) is 5.38. The van der Waals surface area contributed by atoms with Crippen molar-refractivity contribution in [1.29, 1.82) is 0 Å². The van der Waals surface area contributed by atoms with Crippen molar-refractivity contribution in [3.05, 3.63) is 0 Å². The Hall–Kier alpha value is -0.710. The Morgan fingerprint density at radius 3 is 2.46 bits per heavy atom. The van der Waals surface area contributed by atoms with E-state index in [9.17, 15) is 9.59 Å². The molecule has 4 nitrogen and oxygen atoms in total. The second-order valence-corrected chi connectivity index (χ2v) is 3.68. The summed E-state index contributed by atoms with van der Waals surface area (Å²) in [7, 11) is 0. The minimum absolute atomic E-state index is 0.0327. The number of hydrogen-bond donors (Lipinski definition) is 2. The molecule has 0 aromatic rings. The first kappa shape index (κ1) is 12.3. The SMILES string of the molecule is CCNC(=O)CCSCCC(=O)O. The lowest BCUT2D eigenvalue weighted by atomic mass is 10.4. The number of thioether (sulfide) groups is 1. The number of nitrogens with one attached hydrogen (secondary N) is 1. The fraction of sp³-hybridized carbons (Fsp3) is 0.750. The lowest BCUT2D eigenvalue weighted by Crippen LogP contribution is -2.22. The summed E-state index contributed by atoms with van der Waals surface area (Å²) < 4.78 is 0. The Morgan fingerprint density at radius 1 is 1.31 bits per heavy atom. The van der Waals surface area contributed by atoms with Crippen LogP contribution in [0.5, 0.6) is 0 Å². The average molecular weight is 205 g/mol. The molecule has 76 valence electrons. The van der Waals surface area contributed by atoms with Crippen LogP contribution in [0.3, 0.4) is 0 Å². The highest BCUT2D eigenvalue weighted by atomic mass is 32.2. The van der Waals surface area contributed by atoms with Crippen molar-refractivity contribution in [3.8, 4) is 0 Å². The summed E-state index contributed by atoms with van der Waals surface area (Å²) in [6.07, 6.45) is 0.637. The smallest absolute Gasteiger partial charge is 0.304 e. The van der Waals surface area contributed by atoms with Gasteiger partial charge in [0.05, 0.1) is 6.42 Å². The van der Waals surface area contributed by atoms with Gasteiger partial charge in [-0.25, -0.2) is 0 Å². The summed E-state index contributed by atoms with van der Waals surface area (Å²) >= 11 is 1.49. The fourth-order valence-electron chi connectivity index (χ4n) is 0.712. The molecule has 0 saturated carbocycles. The maximum Gasteiger partial charge on any atom is 0.304 e. The highest BCUT2D eigenvalue weighted by Crippen LogP contribution is 2.04. The Balaban J connectivity index is 3.16. The quantitative estimate of drug-likeness (QED) is 0.601. The molecule has 0 aromatic carbocycles. The third-order valence-corrected chi connectivity index (χ3v) is 2.29. The maximum atomic E-state index is 10.9. The number of carbonyl (C=O) groups excluding carboxylic acids is 1. The number of rotatable bonds is 7. The summed E-state index contributed by atoms with van der Waals surface area (Å²) in [5.74, 6) is 0.518. The second-order valence-electron chi connectivity index (χ2n) is 2.46. The molecule has 0 spiro atoms. The highest BCUT2D eigenvalue weighted by Gasteiger charge is 2.00. The van der Waals surface area contributed by atoms with Crippen molar-refractivity contribution in [2.24, 2.45) is 0 Å². The standard InChI is InChI=1S/C8H15NO3S/c1-2-9-7(10)3-5-13-6-4-8(11)12/h2-6H2,1H3,(H,9,10)(H,11,12). The molecule has 0 aromatic heterocycles. The molecule has 0 heterocycles. The fourth-order valence-corrected chi connectivity index (χ4v) is 1.56. The zero-order valence-corrected chi connectivity index (χ0v) is 8.52. The van der Waals surface area contributed by atoms with Gasteiger partial charge in [0.1, 0.15) is 0 Å². The molecule has 0 unspecified atom stereocenters. The largest absolute Gasteiger partial charge is 0.481 e. The van der Waals surface area contributed by atoms with E-state index in [2.05, 4.69) is 5.32 Å². The predicted molar refractivity (Wildman–Crippen MR) is 52.9 cm³/mol. The third kappa shape index (κ3) is 9.20. The molecule has 0 aliphatic heterocycles. The van der Waals surface area contributed by atoms with Crippen LogP contribution in [-0.2, 0) is 9.59 Å². The summed E-state index contributed by atoms with van der Waals surface area (Å²) in [5, 5.41) is 11.0. The normalized spacial score (nSPS) is 9.62. The highest BCUT2D eigenvalue weighted by molar-refractivity contribution is 7.99. The zero-order valence-electron chi connectivity index (χ0n) is 7.71. The Morgan fingerprint density at radius 2 is 1.92 bits per heavy atom. The number of carbonyl (C=O) groups is 2. The van der Waals surface area contributed by atoms with Crippen LogP contribution in [0, 0.1) is 0 Å². The number of aliphatic carboxylic acids is 1. The topological polar surface area (TPSA) is 66.4 Å². The molecular weight excluding hydrogens is 190 g/mol. The molecule has 0 saturated heterocycles. The molecule has 0 aliphatic rings. The Bertz CT molecular complexity index is 173. The molecule has 2 N–H and O–H groups in total. The van der Waals surface area contributed by atoms with Crippen LogP contribution in [0.2, 0.25) is 0 Å². The van der Waals surface area contributed by atoms with Gasteiger partial charge in [-0.15, -0.1) is 0 Å². The molecular formula is C8H15NO3S. The number of carboxylic acids is 1. The van der Waals surface area contributed by atoms with Crippen LogP contribution in [0.25, 0.3) is 0 Å². The number of hydrogen-bond acceptors (Lipinski definition) is 3. The van der Waals surface area contributed by atoms with E-state index in [4.69, 9.17) is 5.11 Å². The van der Waals surface area contributed by atoms with Crippen LogP contribution < -0.4 is 5.32 Å². The first-order chi connectivity index (χ1) is 6.16. The summed E-state index contributed by atoms with van der Waals surface area (Å²) in [4.78, 5) is 21.0. The Kier molecular flexibility index (Phi) is 7.48. The van der Waals surface area contributed by atoms with Crippen LogP contribution >= 0.6 is 11.8 Å². The van der Waals surface area contributed by atoms with Gasteiger partial charge in [-0.2, -0.15) is 11.8 Å². The molecule has 5 heteroatoms. The number of amides is 1. The first-order valence-electron chi connectivity index (χ1n) is 4.23. The predicted octanol–water partition coefficient (Wildman–Crippen LogP) is 0.720. The van der Waals surface area contributed by atoms with Crippen LogP contribution in [0.1, 0.15) is 19.8 Å². The molecule has 0 bridgehead atoms. The van der Waals surface area contributed by atoms with E-state index < -0.39 is 5.97 Å². The van der Waals surface area contributed by atoms with Gasteiger partial charge < -0.3 is 10.4 Å². The van der Waals surface area contributed by atoms with E-state index in [1.54, 1.807) is 0 Å². The van der Waals surface area contributed by atoms with Crippen molar-refractivity contribution in [3.63, 3.8) is 0 Å². The zero-order chi connectivity index (χ0) is 10.1. The van der Waals surface area contributed by atoms with Crippen molar-refractivity contribution >= 4 is 23.6 Å². The van der Waals surface area contributed by atoms with Gasteiger partial charge in [-0.05, 0) is 6.92 Å². The van der Waals surface area contributed by atoms with Gasteiger partial charge in [0.15, 0.2) is 0 Å². The van der Waals surface area contributed by atoms with Crippen molar-refractivity contribution in [1.82, 2.24) is 5.32 Å². The number of carboxylic acid groups (broad SMARTS) is 1. The van der Waals surface area contributed by atoms with Gasteiger partial charge in [0.25, 0.3) is 0 Å². The van der Waals surface area contributed by atoms with Gasteiger partial charge in [-0.3, -0.25) is 9.59 Å². The van der Waals surface area contributed by atoms with Crippen molar-refractivity contribution in [2.45, 2.75) is 19.8 Å². The molecule has 13 heavy (non-hydrogen) atoms. The van der Waals surface area contributed by atoms with Crippen molar-refractivity contribution < 1.29 is 14.7 Å². The Labute approximate surface area is 82.1 Å².